The van der Waals surface area contributed by atoms with Crippen LogP contribution in [0.15, 0.2) is 54.6 Å². The number of hydrogen-bond acceptors (Lipinski definition) is 2. The van der Waals surface area contributed by atoms with Crippen LogP contribution in [0.25, 0.3) is 0 Å². The minimum Gasteiger partial charge on any atom is -0.480 e. The maximum absolute atomic E-state index is 12.7. The average molecular weight is 337 g/mol. The number of rotatable bonds is 5. The molecule has 24 heavy (non-hydrogen) atoms. The lowest BCUT2D eigenvalue weighted by Crippen LogP contribution is -2.42. The second kappa shape index (κ2) is 7.16. The normalized spacial score (nSPS) is 12.5. The van der Waals surface area contributed by atoms with Crippen molar-refractivity contribution in [2.75, 3.05) is 0 Å². The van der Waals surface area contributed by atoms with E-state index < -0.39 is 29.7 Å². The minimum atomic E-state index is -4.58. The number of benzene rings is 2. The van der Waals surface area contributed by atoms with Gasteiger partial charge in [0, 0.05) is 12.0 Å². The van der Waals surface area contributed by atoms with E-state index in [1.165, 1.54) is 6.07 Å². The van der Waals surface area contributed by atoms with E-state index in [0.29, 0.717) is 11.6 Å². The van der Waals surface area contributed by atoms with E-state index in [2.05, 4.69) is 5.32 Å². The lowest BCUT2D eigenvalue weighted by Gasteiger charge is -2.15. The Kier molecular flexibility index (Phi) is 5.23. The summed E-state index contributed by atoms with van der Waals surface area (Å²) in [6.45, 7) is 0. The summed E-state index contributed by atoms with van der Waals surface area (Å²) in [7, 11) is 0. The van der Waals surface area contributed by atoms with Crippen molar-refractivity contribution in [3.05, 3.63) is 71.3 Å². The lowest BCUT2D eigenvalue weighted by atomic mass is 10.0. The molecule has 0 spiro atoms. The zero-order chi connectivity index (χ0) is 17.7. The number of halogens is 3. The summed E-state index contributed by atoms with van der Waals surface area (Å²) in [6, 6.07) is 11.2. The van der Waals surface area contributed by atoms with Crippen LogP contribution in [0.2, 0.25) is 0 Å². The molecule has 2 aromatic carbocycles. The maximum Gasteiger partial charge on any atom is 0.416 e. The molecule has 0 aliphatic carbocycles. The highest BCUT2D eigenvalue weighted by Crippen LogP contribution is 2.29. The van der Waals surface area contributed by atoms with Crippen molar-refractivity contribution in [2.24, 2.45) is 0 Å². The summed E-state index contributed by atoms with van der Waals surface area (Å²) >= 11 is 0. The highest BCUT2D eigenvalue weighted by atomic mass is 19.4. The van der Waals surface area contributed by atoms with Crippen LogP contribution in [0.1, 0.15) is 21.5 Å². The highest BCUT2D eigenvalue weighted by molar-refractivity contribution is 5.96. The van der Waals surface area contributed by atoms with Crippen LogP contribution in [0.4, 0.5) is 13.2 Å². The Hall–Kier alpha value is -2.83. The standard InChI is InChI=1S/C17H14F3NO3/c18-17(19,20)13-8-4-7-12(10-13)15(22)21-14(16(23)24)9-11-5-2-1-3-6-11/h1-8,10,14H,9H2,(H,21,22)(H,23,24)/t14-/m0/s1. The number of carbonyl (C=O) groups excluding carboxylic acids is 1. The van der Waals surface area contributed by atoms with E-state index in [1.807, 2.05) is 0 Å². The number of aliphatic carboxylic acids is 1. The number of carboxylic acid groups (broad SMARTS) is 1. The summed E-state index contributed by atoms with van der Waals surface area (Å²) in [5.74, 6) is -2.14. The zero-order valence-corrected chi connectivity index (χ0v) is 12.4. The molecule has 4 nitrogen and oxygen atoms in total. The maximum atomic E-state index is 12.7. The fourth-order valence-corrected chi connectivity index (χ4v) is 2.13. The molecule has 0 aliphatic rings. The summed E-state index contributed by atoms with van der Waals surface area (Å²) in [5, 5.41) is 11.5. The fourth-order valence-electron chi connectivity index (χ4n) is 2.13. The molecule has 0 unspecified atom stereocenters. The number of hydrogen-bond donors (Lipinski definition) is 2. The number of alkyl halides is 3. The Morgan fingerprint density at radius 1 is 1.04 bits per heavy atom. The highest BCUT2D eigenvalue weighted by Gasteiger charge is 2.31. The molecule has 0 bridgehead atoms. The van der Waals surface area contributed by atoms with Gasteiger partial charge in [0.2, 0.25) is 0 Å². The largest absolute Gasteiger partial charge is 0.480 e. The van der Waals surface area contributed by atoms with Crippen molar-refractivity contribution in [2.45, 2.75) is 18.6 Å². The van der Waals surface area contributed by atoms with Gasteiger partial charge in [0.15, 0.2) is 0 Å². The summed E-state index contributed by atoms with van der Waals surface area (Å²) in [5.41, 5.74) is -0.525. The first-order valence-electron chi connectivity index (χ1n) is 7.02. The lowest BCUT2D eigenvalue weighted by molar-refractivity contribution is -0.139. The monoisotopic (exact) mass is 337 g/mol. The third-order valence-electron chi connectivity index (χ3n) is 3.34. The Labute approximate surface area is 135 Å². The third kappa shape index (κ3) is 4.58. The fraction of sp³-hybridized carbons (Fsp3) is 0.176. The molecule has 0 radical (unpaired) electrons. The minimum absolute atomic E-state index is 0.0286. The van der Waals surface area contributed by atoms with Gasteiger partial charge < -0.3 is 10.4 Å². The molecule has 126 valence electrons. The van der Waals surface area contributed by atoms with Crippen LogP contribution < -0.4 is 5.32 Å². The van der Waals surface area contributed by atoms with Crippen LogP contribution in [-0.4, -0.2) is 23.0 Å². The third-order valence-corrected chi connectivity index (χ3v) is 3.34. The molecule has 1 atom stereocenters. The van der Waals surface area contributed by atoms with Crippen LogP contribution in [0, 0.1) is 0 Å². The SMILES string of the molecule is O=C(N[C@@H](Cc1ccccc1)C(=O)O)c1cccc(C(F)(F)F)c1. The molecule has 0 aliphatic heterocycles. The topological polar surface area (TPSA) is 66.4 Å². The molecule has 0 saturated heterocycles. The number of carboxylic acids is 1. The van der Waals surface area contributed by atoms with E-state index in [9.17, 15) is 27.9 Å². The van der Waals surface area contributed by atoms with Crippen molar-refractivity contribution < 1.29 is 27.9 Å². The number of carbonyl (C=O) groups is 2. The van der Waals surface area contributed by atoms with E-state index in [1.54, 1.807) is 30.3 Å². The number of nitrogens with one attached hydrogen (secondary N) is 1. The van der Waals surface area contributed by atoms with Gasteiger partial charge in [-0.05, 0) is 23.8 Å². The first-order chi connectivity index (χ1) is 11.3. The van der Waals surface area contributed by atoms with Gasteiger partial charge in [-0.3, -0.25) is 4.79 Å². The summed E-state index contributed by atoms with van der Waals surface area (Å²) in [4.78, 5) is 23.4. The van der Waals surface area contributed by atoms with Gasteiger partial charge in [-0.2, -0.15) is 13.2 Å². The summed E-state index contributed by atoms with van der Waals surface area (Å²) in [6.07, 6.45) is -4.55. The molecule has 1 amide bonds. The first kappa shape index (κ1) is 17.5. The van der Waals surface area contributed by atoms with Crippen molar-refractivity contribution in [1.29, 1.82) is 0 Å². The summed E-state index contributed by atoms with van der Waals surface area (Å²) < 4.78 is 38.1. The van der Waals surface area contributed by atoms with E-state index >= 15 is 0 Å². The van der Waals surface area contributed by atoms with Gasteiger partial charge in [0.05, 0.1) is 5.56 Å². The van der Waals surface area contributed by atoms with Crippen LogP contribution in [0.5, 0.6) is 0 Å². The average Bonchev–Trinajstić information content (AvgIpc) is 2.54. The predicted octanol–water partition coefficient (Wildman–Crippen LogP) is 3.13. The molecular formula is C17H14F3NO3. The van der Waals surface area contributed by atoms with Gasteiger partial charge in [-0.1, -0.05) is 36.4 Å². The zero-order valence-electron chi connectivity index (χ0n) is 12.4. The molecule has 0 aromatic heterocycles. The van der Waals surface area contributed by atoms with Crippen molar-refractivity contribution in [3.63, 3.8) is 0 Å². The molecule has 2 aromatic rings. The van der Waals surface area contributed by atoms with E-state index in [0.717, 1.165) is 12.1 Å². The molecule has 0 heterocycles. The quantitative estimate of drug-likeness (QED) is 0.881. The Bertz CT molecular complexity index is 729. The van der Waals surface area contributed by atoms with E-state index in [4.69, 9.17) is 0 Å². The van der Waals surface area contributed by atoms with E-state index in [-0.39, 0.29) is 12.0 Å². The molecule has 0 saturated carbocycles. The Balaban J connectivity index is 2.15. The van der Waals surface area contributed by atoms with Crippen LogP contribution in [0.3, 0.4) is 0 Å². The molecule has 2 N–H and O–H groups in total. The molecule has 2 rings (SSSR count). The van der Waals surface area contributed by atoms with Gasteiger partial charge in [-0.25, -0.2) is 4.79 Å². The number of amides is 1. The van der Waals surface area contributed by atoms with Crippen molar-refractivity contribution in [1.82, 2.24) is 5.32 Å². The molecule has 0 fully saturated rings. The van der Waals surface area contributed by atoms with Gasteiger partial charge in [-0.15, -0.1) is 0 Å². The van der Waals surface area contributed by atoms with Crippen molar-refractivity contribution >= 4 is 11.9 Å². The van der Waals surface area contributed by atoms with Gasteiger partial charge in [0.25, 0.3) is 5.91 Å². The first-order valence-corrected chi connectivity index (χ1v) is 7.02. The molecule has 7 heteroatoms. The Morgan fingerprint density at radius 3 is 2.29 bits per heavy atom. The Morgan fingerprint density at radius 2 is 1.71 bits per heavy atom. The van der Waals surface area contributed by atoms with Crippen LogP contribution >= 0.6 is 0 Å². The van der Waals surface area contributed by atoms with Gasteiger partial charge in [0.1, 0.15) is 6.04 Å². The second-order valence-corrected chi connectivity index (χ2v) is 5.13. The van der Waals surface area contributed by atoms with Gasteiger partial charge >= 0.3 is 12.1 Å². The smallest absolute Gasteiger partial charge is 0.416 e. The van der Waals surface area contributed by atoms with Crippen LogP contribution in [-0.2, 0) is 17.4 Å². The molecular weight excluding hydrogens is 323 g/mol. The predicted molar refractivity (Wildman–Crippen MR) is 80.5 cm³/mol. The van der Waals surface area contributed by atoms with Crippen molar-refractivity contribution in [3.8, 4) is 0 Å². The second-order valence-electron chi connectivity index (χ2n) is 5.13.